The Balaban J connectivity index is 2.81. The topological polar surface area (TPSA) is 106 Å². The molecule has 0 fully saturated rings. The van der Waals surface area contributed by atoms with E-state index >= 15 is 0 Å². The summed E-state index contributed by atoms with van der Waals surface area (Å²) in [4.78, 5) is 14.7. The first-order valence-electron chi connectivity index (χ1n) is 4.79. The summed E-state index contributed by atoms with van der Waals surface area (Å²) in [6, 6.07) is 1.35. The van der Waals surface area contributed by atoms with Crippen molar-refractivity contribution in [2.24, 2.45) is 0 Å². The summed E-state index contributed by atoms with van der Waals surface area (Å²) in [6.45, 7) is 0. The van der Waals surface area contributed by atoms with Crippen LogP contribution in [0.2, 0.25) is 5.02 Å². The van der Waals surface area contributed by atoms with Gasteiger partial charge in [-0.3, -0.25) is 4.79 Å². The molecule has 7 heteroatoms. The smallest absolute Gasteiger partial charge is 0.308 e. The van der Waals surface area contributed by atoms with E-state index in [1.54, 1.807) is 0 Å². The van der Waals surface area contributed by atoms with Crippen molar-refractivity contribution < 1.29 is 19.7 Å². The standard InChI is InChI=1S/C10H13ClN2O4/c1-17-9(15)3-7(14)10(16)5-4-13-8(12)2-6(5)11/h2,4,7,10,14,16H,3H2,1H3,(H2,12,13). The molecule has 1 aromatic rings. The van der Waals surface area contributed by atoms with Crippen molar-refractivity contribution in [3.63, 3.8) is 0 Å². The molecule has 0 saturated carbocycles. The number of nitrogen functional groups attached to an aromatic ring is 1. The number of anilines is 1. The Morgan fingerprint density at radius 2 is 2.29 bits per heavy atom. The van der Waals surface area contributed by atoms with Crippen LogP contribution in [0, 0.1) is 0 Å². The number of pyridine rings is 1. The summed E-state index contributed by atoms with van der Waals surface area (Å²) < 4.78 is 4.38. The van der Waals surface area contributed by atoms with Crippen LogP contribution in [0.25, 0.3) is 0 Å². The van der Waals surface area contributed by atoms with Gasteiger partial charge in [-0.1, -0.05) is 11.6 Å². The Bertz CT molecular complexity index is 413. The molecule has 0 bridgehead atoms. The minimum absolute atomic E-state index is 0.175. The van der Waals surface area contributed by atoms with E-state index in [0.29, 0.717) is 0 Å². The predicted octanol–water partition coefficient (Wildman–Crippen LogP) is 0.275. The molecule has 0 amide bonds. The number of aliphatic hydroxyl groups excluding tert-OH is 2. The molecular weight excluding hydrogens is 248 g/mol. The van der Waals surface area contributed by atoms with Crippen LogP contribution in [0.1, 0.15) is 18.1 Å². The third-order valence-corrected chi connectivity index (χ3v) is 2.52. The highest BCUT2D eigenvalue weighted by molar-refractivity contribution is 6.31. The quantitative estimate of drug-likeness (QED) is 0.671. The van der Waals surface area contributed by atoms with E-state index in [1.165, 1.54) is 19.4 Å². The molecule has 0 aromatic carbocycles. The highest BCUT2D eigenvalue weighted by atomic mass is 35.5. The molecule has 0 radical (unpaired) electrons. The number of esters is 1. The first kappa shape index (κ1) is 13.7. The molecule has 0 aliphatic heterocycles. The summed E-state index contributed by atoms with van der Waals surface area (Å²) in [5.74, 6) is -0.426. The maximum atomic E-state index is 10.9. The van der Waals surface area contributed by atoms with E-state index in [0.717, 1.165) is 0 Å². The lowest BCUT2D eigenvalue weighted by molar-refractivity contribution is -0.144. The number of nitrogens with two attached hydrogens (primary N) is 1. The van der Waals surface area contributed by atoms with Crippen molar-refractivity contribution >= 4 is 23.4 Å². The van der Waals surface area contributed by atoms with Crippen LogP contribution in [0.5, 0.6) is 0 Å². The first-order valence-corrected chi connectivity index (χ1v) is 5.17. The van der Waals surface area contributed by atoms with Gasteiger partial charge in [0, 0.05) is 11.8 Å². The second-order valence-corrected chi connectivity index (χ2v) is 3.83. The summed E-state index contributed by atoms with van der Waals surface area (Å²) >= 11 is 5.83. The average Bonchev–Trinajstić information content (AvgIpc) is 2.28. The molecule has 1 rings (SSSR count). The molecule has 17 heavy (non-hydrogen) atoms. The molecule has 1 heterocycles. The molecule has 94 valence electrons. The second kappa shape index (κ2) is 5.81. The number of ether oxygens (including phenoxy) is 1. The maximum Gasteiger partial charge on any atom is 0.308 e. The molecule has 0 aliphatic rings. The Hall–Kier alpha value is -1.37. The SMILES string of the molecule is COC(=O)CC(O)C(O)c1cnc(N)cc1Cl. The van der Waals surface area contributed by atoms with Gasteiger partial charge in [0.25, 0.3) is 0 Å². The predicted molar refractivity (Wildman–Crippen MR) is 61.3 cm³/mol. The van der Waals surface area contributed by atoms with Crippen molar-refractivity contribution in [3.8, 4) is 0 Å². The number of carbonyl (C=O) groups excluding carboxylic acids is 1. The number of aromatic nitrogens is 1. The van der Waals surface area contributed by atoms with E-state index in [-0.39, 0.29) is 22.8 Å². The van der Waals surface area contributed by atoms with Crippen LogP contribution in [0.3, 0.4) is 0 Å². The summed E-state index contributed by atoms with van der Waals surface area (Å²) in [6.07, 6.45) is -1.72. The van der Waals surface area contributed by atoms with Crippen LogP contribution >= 0.6 is 11.6 Å². The Morgan fingerprint density at radius 3 is 2.82 bits per heavy atom. The van der Waals surface area contributed by atoms with Gasteiger partial charge in [-0.15, -0.1) is 0 Å². The molecule has 1 aromatic heterocycles. The second-order valence-electron chi connectivity index (χ2n) is 3.42. The fraction of sp³-hybridized carbons (Fsp3) is 0.400. The minimum Gasteiger partial charge on any atom is -0.469 e. The molecule has 6 nitrogen and oxygen atoms in total. The van der Waals surface area contributed by atoms with E-state index in [2.05, 4.69) is 9.72 Å². The highest BCUT2D eigenvalue weighted by Crippen LogP contribution is 2.26. The lowest BCUT2D eigenvalue weighted by Crippen LogP contribution is -2.23. The zero-order chi connectivity index (χ0) is 13.0. The Labute approximate surface area is 103 Å². The van der Waals surface area contributed by atoms with Crippen LogP contribution in [0.4, 0.5) is 5.82 Å². The average molecular weight is 261 g/mol. The van der Waals surface area contributed by atoms with Crippen LogP contribution in [-0.4, -0.2) is 34.4 Å². The maximum absolute atomic E-state index is 10.9. The van der Waals surface area contributed by atoms with Gasteiger partial charge in [0.15, 0.2) is 0 Å². The van der Waals surface area contributed by atoms with Crippen molar-refractivity contribution in [1.29, 1.82) is 0 Å². The number of methoxy groups -OCH3 is 1. The van der Waals surface area contributed by atoms with E-state index in [4.69, 9.17) is 17.3 Å². The third kappa shape index (κ3) is 3.55. The number of hydrogen-bond acceptors (Lipinski definition) is 6. The van der Waals surface area contributed by atoms with Gasteiger partial charge < -0.3 is 20.7 Å². The number of carbonyl (C=O) groups is 1. The molecule has 0 spiro atoms. The van der Waals surface area contributed by atoms with Crippen molar-refractivity contribution in [3.05, 3.63) is 22.8 Å². The molecule has 2 atom stereocenters. The number of hydrogen-bond donors (Lipinski definition) is 3. The van der Waals surface area contributed by atoms with Crippen LogP contribution in [-0.2, 0) is 9.53 Å². The third-order valence-electron chi connectivity index (χ3n) is 2.19. The largest absolute Gasteiger partial charge is 0.469 e. The number of rotatable bonds is 4. The van der Waals surface area contributed by atoms with Crippen molar-refractivity contribution in [1.82, 2.24) is 4.98 Å². The fourth-order valence-corrected chi connectivity index (χ4v) is 1.52. The lowest BCUT2D eigenvalue weighted by atomic mass is 10.0. The number of nitrogens with zero attached hydrogens (tertiary/aromatic N) is 1. The van der Waals surface area contributed by atoms with E-state index in [9.17, 15) is 15.0 Å². The first-order chi connectivity index (χ1) is 7.95. The van der Waals surface area contributed by atoms with E-state index < -0.39 is 18.2 Å². The van der Waals surface area contributed by atoms with Gasteiger partial charge in [-0.05, 0) is 6.07 Å². The van der Waals surface area contributed by atoms with Gasteiger partial charge in [0.1, 0.15) is 11.9 Å². The summed E-state index contributed by atoms with van der Waals surface area (Å²) in [5.41, 5.74) is 5.60. The van der Waals surface area contributed by atoms with Crippen LogP contribution < -0.4 is 5.73 Å². The van der Waals surface area contributed by atoms with Crippen molar-refractivity contribution in [2.45, 2.75) is 18.6 Å². The summed E-state index contributed by atoms with van der Waals surface area (Å²) in [7, 11) is 1.19. The van der Waals surface area contributed by atoms with Gasteiger partial charge >= 0.3 is 5.97 Å². The number of aliphatic hydroxyl groups is 2. The van der Waals surface area contributed by atoms with Gasteiger partial charge in [-0.2, -0.15) is 0 Å². The molecule has 2 unspecified atom stereocenters. The monoisotopic (exact) mass is 260 g/mol. The lowest BCUT2D eigenvalue weighted by Gasteiger charge is -2.17. The van der Waals surface area contributed by atoms with Gasteiger partial charge in [0.05, 0.1) is 24.7 Å². The molecular formula is C10H13ClN2O4. The zero-order valence-electron chi connectivity index (χ0n) is 9.13. The van der Waals surface area contributed by atoms with Crippen LogP contribution in [0.15, 0.2) is 12.3 Å². The fourth-order valence-electron chi connectivity index (χ4n) is 1.25. The minimum atomic E-state index is -1.32. The van der Waals surface area contributed by atoms with Gasteiger partial charge in [0.2, 0.25) is 0 Å². The van der Waals surface area contributed by atoms with Crippen molar-refractivity contribution in [2.75, 3.05) is 12.8 Å². The number of halogens is 1. The Morgan fingerprint density at radius 1 is 1.65 bits per heavy atom. The molecule has 0 aliphatic carbocycles. The summed E-state index contributed by atoms with van der Waals surface area (Å²) in [5, 5.41) is 19.6. The van der Waals surface area contributed by atoms with E-state index in [1.807, 2.05) is 0 Å². The molecule has 4 N–H and O–H groups in total. The zero-order valence-corrected chi connectivity index (χ0v) is 9.89. The normalized spacial score (nSPS) is 14.1. The highest BCUT2D eigenvalue weighted by Gasteiger charge is 2.24. The Kier molecular flexibility index (Phi) is 4.68. The molecule has 0 saturated heterocycles. The van der Waals surface area contributed by atoms with Gasteiger partial charge in [-0.25, -0.2) is 4.98 Å².